The third-order valence-corrected chi connectivity index (χ3v) is 2.24. The summed E-state index contributed by atoms with van der Waals surface area (Å²) in [5, 5.41) is 2.72. The van der Waals surface area contributed by atoms with Gasteiger partial charge in [0.1, 0.15) is 0 Å². The quantitative estimate of drug-likeness (QED) is 0.504. The fraction of sp³-hybridized carbons (Fsp3) is 0.900. The second-order valence-corrected chi connectivity index (χ2v) is 4.36. The number of hydrogen-bond donors (Lipinski definition) is 2. The first-order valence-corrected chi connectivity index (χ1v) is 5.58. The van der Waals surface area contributed by atoms with Gasteiger partial charge in [-0.15, -0.1) is 0 Å². The van der Waals surface area contributed by atoms with Gasteiger partial charge in [-0.05, 0) is 20.3 Å². The fourth-order valence-electron chi connectivity index (χ4n) is 1.14. The van der Waals surface area contributed by atoms with E-state index in [9.17, 15) is 4.79 Å². The number of thiol groups is 1. The monoisotopic (exact) mass is 203 g/mol. The summed E-state index contributed by atoms with van der Waals surface area (Å²) < 4.78 is 0. The average Bonchev–Trinajstić information content (AvgIpc) is 2.04. The summed E-state index contributed by atoms with van der Waals surface area (Å²) in [5.41, 5.74) is 0. The van der Waals surface area contributed by atoms with Crippen molar-refractivity contribution >= 4 is 18.5 Å². The smallest absolute Gasteiger partial charge is 0.232 e. The Morgan fingerprint density at radius 3 is 2.46 bits per heavy atom. The highest BCUT2D eigenvalue weighted by atomic mass is 32.1. The van der Waals surface area contributed by atoms with Gasteiger partial charge in [0.15, 0.2) is 0 Å². The van der Waals surface area contributed by atoms with Gasteiger partial charge >= 0.3 is 0 Å². The van der Waals surface area contributed by atoms with Crippen LogP contribution in [-0.2, 0) is 4.79 Å². The van der Waals surface area contributed by atoms with Crippen molar-refractivity contribution in [3.63, 3.8) is 0 Å². The molecule has 0 rings (SSSR count). The van der Waals surface area contributed by atoms with E-state index in [1.807, 2.05) is 6.92 Å². The molecule has 2 atom stereocenters. The van der Waals surface area contributed by atoms with Crippen LogP contribution in [-0.4, -0.2) is 17.2 Å². The summed E-state index contributed by atoms with van der Waals surface area (Å²) in [4.78, 5) is 11.2. The van der Waals surface area contributed by atoms with Crippen molar-refractivity contribution in [2.75, 3.05) is 0 Å². The molecule has 1 amide bonds. The summed E-state index contributed by atoms with van der Waals surface area (Å²) in [6, 6.07) is 0.286. The van der Waals surface area contributed by atoms with Gasteiger partial charge in [-0.1, -0.05) is 26.2 Å². The van der Waals surface area contributed by atoms with Crippen LogP contribution in [0.1, 0.15) is 46.5 Å². The van der Waals surface area contributed by atoms with Crippen LogP contribution in [0.25, 0.3) is 0 Å². The van der Waals surface area contributed by atoms with Crippen molar-refractivity contribution in [1.29, 1.82) is 0 Å². The molecule has 2 nitrogen and oxygen atoms in total. The fourth-order valence-corrected chi connectivity index (χ4v) is 1.21. The molecular formula is C10H21NOS. The van der Waals surface area contributed by atoms with E-state index in [4.69, 9.17) is 0 Å². The lowest BCUT2D eigenvalue weighted by molar-refractivity contribution is -0.120. The maximum atomic E-state index is 11.2. The van der Waals surface area contributed by atoms with Crippen LogP contribution in [0.4, 0.5) is 0 Å². The Morgan fingerprint density at radius 2 is 2.00 bits per heavy atom. The normalized spacial score (nSPS) is 15.1. The minimum absolute atomic E-state index is 0.0346. The molecule has 0 aliphatic rings. The van der Waals surface area contributed by atoms with Crippen molar-refractivity contribution in [3.8, 4) is 0 Å². The SMILES string of the molecule is CCCCCC(C)NC(=O)C(C)S. The molecule has 2 unspecified atom stereocenters. The topological polar surface area (TPSA) is 29.1 Å². The van der Waals surface area contributed by atoms with Gasteiger partial charge in [-0.25, -0.2) is 0 Å². The average molecular weight is 203 g/mol. The molecule has 1 N–H and O–H groups in total. The molecule has 78 valence electrons. The molecule has 0 aromatic rings. The number of unbranched alkanes of at least 4 members (excludes halogenated alkanes) is 2. The molecule has 0 bridgehead atoms. The predicted molar refractivity (Wildman–Crippen MR) is 60.2 cm³/mol. The van der Waals surface area contributed by atoms with Crippen LogP contribution in [0, 0.1) is 0 Å². The summed E-state index contributed by atoms with van der Waals surface area (Å²) in [6.45, 7) is 6.01. The van der Waals surface area contributed by atoms with Crippen LogP contribution < -0.4 is 5.32 Å². The number of carbonyl (C=O) groups is 1. The molecule has 0 aromatic heterocycles. The van der Waals surface area contributed by atoms with Gasteiger partial charge in [-0.3, -0.25) is 4.79 Å². The van der Waals surface area contributed by atoms with Gasteiger partial charge in [0.2, 0.25) is 5.91 Å². The van der Waals surface area contributed by atoms with E-state index < -0.39 is 0 Å². The Kier molecular flexibility index (Phi) is 7.14. The van der Waals surface area contributed by atoms with Crippen LogP contribution in [0.2, 0.25) is 0 Å². The Labute approximate surface area is 86.9 Å². The second kappa shape index (κ2) is 7.25. The minimum Gasteiger partial charge on any atom is -0.353 e. The maximum Gasteiger partial charge on any atom is 0.232 e. The molecule has 0 radical (unpaired) electrons. The lowest BCUT2D eigenvalue weighted by atomic mass is 10.1. The molecule has 0 saturated carbocycles. The molecule has 0 aliphatic carbocycles. The first-order valence-electron chi connectivity index (χ1n) is 5.06. The number of nitrogens with one attached hydrogen (secondary N) is 1. The molecule has 0 spiro atoms. The van der Waals surface area contributed by atoms with Crippen LogP contribution >= 0.6 is 12.6 Å². The van der Waals surface area contributed by atoms with Gasteiger partial charge in [0.05, 0.1) is 5.25 Å². The van der Waals surface area contributed by atoms with Crippen molar-refractivity contribution in [1.82, 2.24) is 5.32 Å². The van der Waals surface area contributed by atoms with Crippen molar-refractivity contribution in [3.05, 3.63) is 0 Å². The molecule has 0 fully saturated rings. The first kappa shape index (κ1) is 12.8. The first-order chi connectivity index (χ1) is 6.07. The van der Waals surface area contributed by atoms with Gasteiger partial charge in [-0.2, -0.15) is 12.6 Å². The van der Waals surface area contributed by atoms with Gasteiger partial charge in [0, 0.05) is 6.04 Å². The zero-order chi connectivity index (χ0) is 10.3. The van der Waals surface area contributed by atoms with Crippen LogP contribution in [0.5, 0.6) is 0 Å². The van der Waals surface area contributed by atoms with E-state index in [0.29, 0.717) is 0 Å². The van der Waals surface area contributed by atoms with Gasteiger partial charge in [0.25, 0.3) is 0 Å². The van der Waals surface area contributed by atoms with Crippen LogP contribution in [0.3, 0.4) is 0 Å². The molecule has 13 heavy (non-hydrogen) atoms. The van der Waals surface area contributed by atoms with E-state index in [1.165, 1.54) is 19.3 Å². The third kappa shape index (κ3) is 6.94. The largest absolute Gasteiger partial charge is 0.353 e. The minimum atomic E-state index is -0.200. The maximum absolute atomic E-state index is 11.2. The lowest BCUT2D eigenvalue weighted by Crippen LogP contribution is -2.36. The van der Waals surface area contributed by atoms with E-state index in [0.717, 1.165) is 6.42 Å². The van der Waals surface area contributed by atoms with Gasteiger partial charge < -0.3 is 5.32 Å². The molecule has 0 saturated heterocycles. The zero-order valence-electron chi connectivity index (χ0n) is 8.84. The molecule has 0 aromatic carbocycles. The Bertz CT molecular complexity index is 148. The van der Waals surface area contributed by atoms with Crippen LogP contribution in [0.15, 0.2) is 0 Å². The van der Waals surface area contributed by atoms with Crippen molar-refractivity contribution in [2.24, 2.45) is 0 Å². The van der Waals surface area contributed by atoms with Crippen molar-refractivity contribution in [2.45, 2.75) is 57.7 Å². The number of hydrogen-bond acceptors (Lipinski definition) is 2. The predicted octanol–water partition coefficient (Wildman–Crippen LogP) is 2.39. The van der Waals surface area contributed by atoms with Crippen molar-refractivity contribution < 1.29 is 4.79 Å². The highest BCUT2D eigenvalue weighted by molar-refractivity contribution is 7.81. The third-order valence-electron chi connectivity index (χ3n) is 2.01. The van der Waals surface area contributed by atoms with E-state index >= 15 is 0 Å². The van der Waals surface area contributed by atoms with E-state index in [2.05, 4.69) is 24.9 Å². The number of amides is 1. The summed E-state index contributed by atoms with van der Waals surface area (Å²) >= 11 is 4.07. The molecular weight excluding hydrogens is 182 g/mol. The molecule has 0 aliphatic heterocycles. The summed E-state index contributed by atoms with van der Waals surface area (Å²) in [6.07, 6.45) is 4.74. The number of carbonyl (C=O) groups excluding carboxylic acids is 1. The second-order valence-electron chi connectivity index (χ2n) is 3.58. The molecule has 0 heterocycles. The summed E-state index contributed by atoms with van der Waals surface area (Å²) in [5.74, 6) is 0.0346. The highest BCUT2D eigenvalue weighted by Crippen LogP contribution is 2.03. The van der Waals surface area contributed by atoms with E-state index in [-0.39, 0.29) is 17.2 Å². The highest BCUT2D eigenvalue weighted by Gasteiger charge is 2.10. The Balaban J connectivity index is 3.50. The lowest BCUT2D eigenvalue weighted by Gasteiger charge is -2.14. The standard InChI is InChI=1S/C10H21NOS/c1-4-5-6-7-8(2)11-10(12)9(3)13/h8-9,13H,4-7H2,1-3H3,(H,11,12). The zero-order valence-corrected chi connectivity index (χ0v) is 9.73. The summed E-state index contributed by atoms with van der Waals surface area (Å²) in [7, 11) is 0. The Hall–Kier alpha value is -0.180. The molecule has 3 heteroatoms. The Morgan fingerprint density at radius 1 is 1.38 bits per heavy atom. The van der Waals surface area contributed by atoms with E-state index in [1.54, 1.807) is 6.92 Å². The number of rotatable bonds is 6.